The van der Waals surface area contributed by atoms with E-state index in [1.807, 2.05) is 6.92 Å². The van der Waals surface area contributed by atoms with Crippen molar-refractivity contribution >= 4 is 41.3 Å². The number of aromatic nitrogens is 1. The van der Waals surface area contributed by atoms with Crippen molar-refractivity contribution in [3.05, 3.63) is 16.1 Å². The number of hydrogen-bond acceptors (Lipinski definition) is 3. The lowest BCUT2D eigenvalue weighted by molar-refractivity contribution is 0.646. The average molecular weight is 438 g/mol. The molecule has 1 heterocycles. The fraction of sp³-hybridized carbons (Fsp3) is 0.750. The number of halogens is 1. The second-order valence-corrected chi connectivity index (χ2v) is 6.18. The Balaban J connectivity index is 0.00000441. The zero-order chi connectivity index (χ0) is 15.3. The molecule has 0 aromatic carbocycles. The Hall–Kier alpha value is -0.370. The Kier molecular flexibility index (Phi) is 14.0. The van der Waals surface area contributed by atoms with Gasteiger partial charge in [0.25, 0.3) is 0 Å². The zero-order valence-corrected chi connectivity index (χ0v) is 17.3. The monoisotopic (exact) mass is 438 g/mol. The average Bonchev–Trinajstić information content (AvgIpc) is 2.88. The van der Waals surface area contributed by atoms with Crippen LogP contribution < -0.4 is 10.6 Å². The highest BCUT2D eigenvalue weighted by atomic mass is 127. The van der Waals surface area contributed by atoms with E-state index in [0.29, 0.717) is 0 Å². The molecule has 0 amide bonds. The summed E-state index contributed by atoms with van der Waals surface area (Å²) >= 11 is 1.75. The van der Waals surface area contributed by atoms with Crippen LogP contribution >= 0.6 is 35.3 Å². The summed E-state index contributed by atoms with van der Waals surface area (Å²) in [4.78, 5) is 9.11. The summed E-state index contributed by atoms with van der Waals surface area (Å²) < 4.78 is 0. The minimum Gasteiger partial charge on any atom is -0.357 e. The van der Waals surface area contributed by atoms with Crippen LogP contribution in [0, 0.1) is 6.92 Å². The molecular formula is C16H31IN4S. The lowest BCUT2D eigenvalue weighted by Gasteiger charge is -2.10. The van der Waals surface area contributed by atoms with Crippen LogP contribution in [0.25, 0.3) is 0 Å². The van der Waals surface area contributed by atoms with Crippen LogP contribution in [0.2, 0.25) is 0 Å². The fourth-order valence-electron chi connectivity index (χ4n) is 2.04. The number of unbranched alkanes of at least 4 members (excludes halogenated alkanes) is 3. The highest BCUT2D eigenvalue weighted by Crippen LogP contribution is 2.10. The lowest BCUT2D eigenvalue weighted by Crippen LogP contribution is -2.37. The van der Waals surface area contributed by atoms with Crippen molar-refractivity contribution in [1.29, 1.82) is 0 Å². The molecule has 0 unspecified atom stereocenters. The largest absolute Gasteiger partial charge is 0.357 e. The van der Waals surface area contributed by atoms with E-state index in [2.05, 4.69) is 39.8 Å². The Morgan fingerprint density at radius 3 is 2.64 bits per heavy atom. The van der Waals surface area contributed by atoms with E-state index in [4.69, 9.17) is 0 Å². The normalized spacial score (nSPS) is 11.1. The first-order valence-electron chi connectivity index (χ1n) is 8.19. The maximum atomic E-state index is 4.62. The Bertz CT molecular complexity index is 407. The predicted octanol–water partition coefficient (Wildman–Crippen LogP) is 4.14. The molecule has 0 aliphatic carbocycles. The highest BCUT2D eigenvalue weighted by Gasteiger charge is 1.99. The molecule has 4 nitrogen and oxygen atoms in total. The van der Waals surface area contributed by atoms with E-state index in [1.165, 1.54) is 30.7 Å². The van der Waals surface area contributed by atoms with Gasteiger partial charge in [-0.1, -0.05) is 26.2 Å². The summed E-state index contributed by atoms with van der Waals surface area (Å²) in [6, 6.07) is 0. The summed E-state index contributed by atoms with van der Waals surface area (Å²) in [5.41, 5.74) is 1.13. The molecule has 0 fully saturated rings. The third-order valence-electron chi connectivity index (χ3n) is 3.15. The number of hydrogen-bond donors (Lipinski definition) is 2. The molecule has 0 radical (unpaired) electrons. The van der Waals surface area contributed by atoms with E-state index < -0.39 is 0 Å². The van der Waals surface area contributed by atoms with Crippen LogP contribution in [0.3, 0.4) is 0 Å². The highest BCUT2D eigenvalue weighted by molar-refractivity contribution is 14.0. The number of thiazole rings is 1. The molecule has 0 atom stereocenters. The molecular weight excluding hydrogens is 407 g/mol. The molecule has 0 spiro atoms. The van der Waals surface area contributed by atoms with Gasteiger partial charge >= 0.3 is 0 Å². The summed E-state index contributed by atoms with van der Waals surface area (Å²) in [6.45, 7) is 9.16. The van der Waals surface area contributed by atoms with Crippen molar-refractivity contribution < 1.29 is 0 Å². The van der Waals surface area contributed by atoms with Gasteiger partial charge in [-0.3, -0.25) is 4.99 Å². The van der Waals surface area contributed by atoms with Crippen LogP contribution in [-0.4, -0.2) is 30.6 Å². The summed E-state index contributed by atoms with van der Waals surface area (Å²) in [6.07, 6.45) is 7.20. The molecule has 1 rings (SSSR count). The number of rotatable bonds is 10. The fourth-order valence-corrected chi connectivity index (χ4v) is 2.86. The van der Waals surface area contributed by atoms with Gasteiger partial charge in [0.15, 0.2) is 5.96 Å². The molecule has 0 aliphatic heterocycles. The molecule has 22 heavy (non-hydrogen) atoms. The van der Waals surface area contributed by atoms with E-state index in [0.717, 1.165) is 44.1 Å². The van der Waals surface area contributed by atoms with Gasteiger partial charge in [0, 0.05) is 37.1 Å². The van der Waals surface area contributed by atoms with Crippen molar-refractivity contribution in [2.45, 2.75) is 59.3 Å². The molecule has 128 valence electrons. The van der Waals surface area contributed by atoms with Gasteiger partial charge in [-0.05, 0) is 26.7 Å². The second-order valence-electron chi connectivity index (χ2n) is 5.23. The van der Waals surface area contributed by atoms with Crippen molar-refractivity contribution in [1.82, 2.24) is 15.6 Å². The van der Waals surface area contributed by atoms with E-state index >= 15 is 0 Å². The molecule has 0 saturated heterocycles. The topological polar surface area (TPSA) is 49.3 Å². The van der Waals surface area contributed by atoms with Crippen LogP contribution in [-0.2, 0) is 6.42 Å². The molecule has 6 heteroatoms. The van der Waals surface area contributed by atoms with Gasteiger partial charge in [0.2, 0.25) is 0 Å². The van der Waals surface area contributed by atoms with Crippen molar-refractivity contribution in [2.75, 3.05) is 19.6 Å². The number of aliphatic imine (C=N–C) groups is 1. The molecule has 0 saturated carbocycles. The number of guanidine groups is 1. The first kappa shape index (κ1) is 21.6. The molecule has 2 N–H and O–H groups in total. The SMILES string of the molecule is CCCCCCNC(=NCCCc1nc(C)cs1)NCC.I. The number of nitrogens with one attached hydrogen (secondary N) is 2. The Labute approximate surface area is 156 Å². The quantitative estimate of drug-likeness (QED) is 0.250. The molecule has 1 aromatic heterocycles. The van der Waals surface area contributed by atoms with Crippen LogP contribution in [0.4, 0.5) is 0 Å². The van der Waals surface area contributed by atoms with Crippen LogP contribution in [0.15, 0.2) is 10.4 Å². The van der Waals surface area contributed by atoms with Crippen molar-refractivity contribution in [2.24, 2.45) is 4.99 Å². The maximum Gasteiger partial charge on any atom is 0.191 e. The van der Waals surface area contributed by atoms with E-state index in [-0.39, 0.29) is 24.0 Å². The lowest BCUT2D eigenvalue weighted by atomic mass is 10.2. The zero-order valence-electron chi connectivity index (χ0n) is 14.2. The third-order valence-corrected chi connectivity index (χ3v) is 4.18. The Morgan fingerprint density at radius 2 is 2.00 bits per heavy atom. The van der Waals surface area contributed by atoms with Gasteiger partial charge < -0.3 is 10.6 Å². The predicted molar refractivity (Wildman–Crippen MR) is 109 cm³/mol. The third kappa shape index (κ3) is 10.4. The van der Waals surface area contributed by atoms with Gasteiger partial charge in [-0.25, -0.2) is 4.98 Å². The van der Waals surface area contributed by atoms with Crippen LogP contribution in [0.5, 0.6) is 0 Å². The van der Waals surface area contributed by atoms with Crippen molar-refractivity contribution in [3.8, 4) is 0 Å². The second kappa shape index (κ2) is 14.2. The van der Waals surface area contributed by atoms with Gasteiger partial charge in [0.1, 0.15) is 0 Å². The smallest absolute Gasteiger partial charge is 0.191 e. The van der Waals surface area contributed by atoms with Crippen LogP contribution in [0.1, 0.15) is 56.7 Å². The first-order chi connectivity index (χ1) is 10.3. The maximum absolute atomic E-state index is 4.62. The summed E-state index contributed by atoms with van der Waals surface area (Å²) in [5.74, 6) is 0.948. The summed E-state index contributed by atoms with van der Waals surface area (Å²) in [5, 5.41) is 10.0. The van der Waals surface area contributed by atoms with Gasteiger partial charge in [-0.2, -0.15) is 0 Å². The standard InChI is InChI=1S/C16H30N4S.HI/c1-4-6-7-8-11-18-16(17-5-2)19-12-9-10-15-20-14(3)13-21-15;/h13H,4-12H2,1-3H3,(H2,17,18,19);1H. The van der Waals surface area contributed by atoms with E-state index in [9.17, 15) is 0 Å². The van der Waals surface area contributed by atoms with Gasteiger partial charge in [-0.15, -0.1) is 35.3 Å². The summed E-state index contributed by atoms with van der Waals surface area (Å²) in [7, 11) is 0. The first-order valence-corrected chi connectivity index (χ1v) is 9.07. The molecule has 0 aliphatic rings. The number of nitrogens with zero attached hydrogens (tertiary/aromatic N) is 2. The minimum absolute atomic E-state index is 0. The van der Waals surface area contributed by atoms with E-state index in [1.54, 1.807) is 11.3 Å². The minimum atomic E-state index is 0. The number of aryl methyl sites for hydroxylation is 2. The molecule has 0 bridgehead atoms. The molecule has 1 aromatic rings. The Morgan fingerprint density at radius 1 is 1.18 bits per heavy atom. The van der Waals surface area contributed by atoms with Crippen molar-refractivity contribution in [3.63, 3.8) is 0 Å². The van der Waals surface area contributed by atoms with Gasteiger partial charge in [0.05, 0.1) is 5.01 Å².